The van der Waals surface area contributed by atoms with Gasteiger partial charge < -0.3 is 4.90 Å². The van der Waals surface area contributed by atoms with Crippen LogP contribution in [0.3, 0.4) is 0 Å². The smallest absolute Gasteiger partial charge is 0.271 e. The second kappa shape index (κ2) is 6.11. The van der Waals surface area contributed by atoms with Crippen LogP contribution in [0.5, 0.6) is 0 Å². The predicted octanol–water partition coefficient (Wildman–Crippen LogP) is 4.10. The molecule has 2 heterocycles. The van der Waals surface area contributed by atoms with Gasteiger partial charge in [-0.25, -0.2) is 0 Å². The van der Waals surface area contributed by atoms with Gasteiger partial charge in [0.15, 0.2) is 0 Å². The summed E-state index contributed by atoms with van der Waals surface area (Å²) in [5, 5.41) is 9.67. The molecule has 1 atom stereocenters. The Morgan fingerprint density at radius 3 is 2.92 bits per heavy atom. The summed E-state index contributed by atoms with van der Waals surface area (Å²) >= 11 is 0. The lowest BCUT2D eigenvalue weighted by atomic mass is 10.00. The Hall–Kier alpha value is -2.62. The fourth-order valence-electron chi connectivity index (χ4n) is 3.56. The van der Waals surface area contributed by atoms with Crippen molar-refractivity contribution in [2.24, 2.45) is 5.92 Å². The largest absolute Gasteiger partial charge is 0.337 e. The van der Waals surface area contributed by atoms with Gasteiger partial charge in [0.1, 0.15) is 5.69 Å². The van der Waals surface area contributed by atoms with Gasteiger partial charge in [-0.15, -0.1) is 0 Å². The van der Waals surface area contributed by atoms with Gasteiger partial charge in [0.05, 0.1) is 5.69 Å². The van der Waals surface area contributed by atoms with E-state index in [1.54, 1.807) is 0 Å². The van der Waals surface area contributed by atoms with Gasteiger partial charge >= 0.3 is 0 Å². The Labute approximate surface area is 141 Å². The van der Waals surface area contributed by atoms with Crippen molar-refractivity contribution in [2.45, 2.75) is 19.8 Å². The lowest BCUT2D eigenvalue weighted by Crippen LogP contribution is -2.39. The quantitative estimate of drug-likeness (QED) is 0.773. The number of H-pyrrole nitrogens is 1. The number of rotatable bonds is 2. The summed E-state index contributed by atoms with van der Waals surface area (Å²) in [6.07, 6.45) is 2.28. The van der Waals surface area contributed by atoms with E-state index in [2.05, 4.69) is 41.4 Å². The topological polar surface area (TPSA) is 49.0 Å². The number of hydrogen-bond donors (Lipinski definition) is 1. The van der Waals surface area contributed by atoms with Crippen LogP contribution in [0, 0.1) is 5.92 Å². The molecule has 1 amide bonds. The normalized spacial score (nSPS) is 18.0. The Kier molecular flexibility index (Phi) is 3.81. The van der Waals surface area contributed by atoms with E-state index in [9.17, 15) is 4.79 Å². The number of likely N-dealkylation sites (tertiary alicyclic amines) is 1. The molecule has 4 heteroatoms. The first-order chi connectivity index (χ1) is 11.7. The van der Waals surface area contributed by atoms with Gasteiger partial charge in [0.2, 0.25) is 0 Å². The monoisotopic (exact) mass is 319 g/mol. The molecule has 1 saturated heterocycles. The van der Waals surface area contributed by atoms with Crippen LogP contribution in [0.15, 0.2) is 48.5 Å². The van der Waals surface area contributed by atoms with Crippen LogP contribution in [-0.4, -0.2) is 34.1 Å². The second-order valence-electron chi connectivity index (χ2n) is 6.69. The van der Waals surface area contributed by atoms with E-state index in [1.165, 1.54) is 11.8 Å². The minimum Gasteiger partial charge on any atom is -0.337 e. The molecule has 4 nitrogen and oxygen atoms in total. The average molecular weight is 319 g/mol. The summed E-state index contributed by atoms with van der Waals surface area (Å²) in [4.78, 5) is 14.6. The highest BCUT2D eigenvalue weighted by molar-refractivity contribution is 5.98. The Bertz CT molecular complexity index is 878. The van der Waals surface area contributed by atoms with E-state index >= 15 is 0 Å². The molecule has 2 aromatic carbocycles. The highest BCUT2D eigenvalue weighted by Crippen LogP contribution is 2.28. The molecule has 0 spiro atoms. The third kappa shape index (κ3) is 2.68. The van der Waals surface area contributed by atoms with Crippen molar-refractivity contribution in [2.75, 3.05) is 13.1 Å². The number of aromatic nitrogens is 2. The summed E-state index contributed by atoms with van der Waals surface area (Å²) in [5.41, 5.74) is 2.45. The molecule has 1 N–H and O–H groups in total. The van der Waals surface area contributed by atoms with Gasteiger partial charge in [-0.05, 0) is 35.6 Å². The standard InChI is InChI=1S/C20H21N3O/c1-14-6-5-11-23(13-14)20(24)19-12-18(21-22-19)17-10-4-8-15-7-2-3-9-16(15)17/h2-4,7-10,12,14H,5-6,11,13H2,1H3,(H,21,22). The predicted molar refractivity (Wildman–Crippen MR) is 95.8 cm³/mol. The first-order valence-electron chi connectivity index (χ1n) is 8.55. The van der Waals surface area contributed by atoms with E-state index in [0.717, 1.165) is 36.2 Å². The van der Waals surface area contributed by atoms with Gasteiger partial charge in [-0.1, -0.05) is 49.4 Å². The summed E-state index contributed by atoms with van der Waals surface area (Å²) in [6.45, 7) is 3.88. The summed E-state index contributed by atoms with van der Waals surface area (Å²) in [5.74, 6) is 0.628. The SMILES string of the molecule is CC1CCCN(C(=O)c2cc(-c3cccc4ccccc34)n[nH]2)C1. The molecule has 0 radical (unpaired) electrons. The molecule has 3 aromatic rings. The maximum absolute atomic E-state index is 12.7. The molecule has 1 unspecified atom stereocenters. The molecule has 0 saturated carbocycles. The molecule has 1 aliphatic rings. The average Bonchev–Trinajstić information content (AvgIpc) is 3.10. The van der Waals surface area contributed by atoms with Crippen molar-refractivity contribution in [3.05, 3.63) is 54.2 Å². The van der Waals surface area contributed by atoms with Gasteiger partial charge in [0, 0.05) is 18.7 Å². The fraction of sp³-hybridized carbons (Fsp3) is 0.300. The molecule has 0 aliphatic carbocycles. The summed E-state index contributed by atoms with van der Waals surface area (Å²) in [6, 6.07) is 16.3. The number of hydrogen-bond acceptors (Lipinski definition) is 2. The molecule has 0 bridgehead atoms. The maximum atomic E-state index is 12.7. The van der Waals surface area contributed by atoms with Crippen LogP contribution in [0.1, 0.15) is 30.3 Å². The highest BCUT2D eigenvalue weighted by atomic mass is 16.2. The van der Waals surface area contributed by atoms with Crippen LogP contribution < -0.4 is 0 Å². The van der Waals surface area contributed by atoms with E-state index in [0.29, 0.717) is 11.6 Å². The number of carbonyl (C=O) groups excluding carboxylic acids is 1. The highest BCUT2D eigenvalue weighted by Gasteiger charge is 2.23. The number of fused-ring (bicyclic) bond motifs is 1. The maximum Gasteiger partial charge on any atom is 0.271 e. The zero-order valence-electron chi connectivity index (χ0n) is 13.8. The molecule has 122 valence electrons. The Balaban J connectivity index is 1.66. The van der Waals surface area contributed by atoms with Crippen LogP contribution in [0.4, 0.5) is 0 Å². The van der Waals surface area contributed by atoms with Crippen molar-refractivity contribution in [1.29, 1.82) is 0 Å². The minimum absolute atomic E-state index is 0.0561. The van der Waals surface area contributed by atoms with Crippen molar-refractivity contribution < 1.29 is 4.79 Å². The number of benzene rings is 2. The van der Waals surface area contributed by atoms with Gasteiger partial charge in [-0.2, -0.15) is 5.10 Å². The van der Waals surface area contributed by atoms with E-state index in [-0.39, 0.29) is 5.91 Å². The second-order valence-corrected chi connectivity index (χ2v) is 6.69. The third-order valence-electron chi connectivity index (χ3n) is 4.82. The molecule has 24 heavy (non-hydrogen) atoms. The van der Waals surface area contributed by atoms with Crippen LogP contribution in [0.25, 0.3) is 22.0 Å². The zero-order chi connectivity index (χ0) is 16.5. The van der Waals surface area contributed by atoms with Gasteiger partial charge in [0.25, 0.3) is 5.91 Å². The van der Waals surface area contributed by atoms with Crippen molar-refractivity contribution >= 4 is 16.7 Å². The van der Waals surface area contributed by atoms with Crippen LogP contribution in [0.2, 0.25) is 0 Å². The summed E-state index contributed by atoms with van der Waals surface area (Å²) < 4.78 is 0. The van der Waals surface area contributed by atoms with Crippen molar-refractivity contribution in [1.82, 2.24) is 15.1 Å². The number of aromatic amines is 1. The van der Waals surface area contributed by atoms with Gasteiger partial charge in [-0.3, -0.25) is 9.89 Å². The Morgan fingerprint density at radius 1 is 1.21 bits per heavy atom. The number of amides is 1. The summed E-state index contributed by atoms with van der Waals surface area (Å²) in [7, 11) is 0. The first kappa shape index (κ1) is 14.9. The van der Waals surface area contributed by atoms with E-state index in [1.807, 2.05) is 29.2 Å². The van der Waals surface area contributed by atoms with Crippen molar-refractivity contribution in [3.8, 4) is 11.3 Å². The van der Waals surface area contributed by atoms with Crippen LogP contribution in [-0.2, 0) is 0 Å². The minimum atomic E-state index is 0.0561. The zero-order valence-corrected chi connectivity index (χ0v) is 13.8. The fourth-order valence-corrected chi connectivity index (χ4v) is 3.56. The number of nitrogens with zero attached hydrogens (tertiary/aromatic N) is 2. The van der Waals surface area contributed by atoms with Crippen molar-refractivity contribution in [3.63, 3.8) is 0 Å². The number of nitrogens with one attached hydrogen (secondary N) is 1. The van der Waals surface area contributed by atoms with E-state index in [4.69, 9.17) is 0 Å². The third-order valence-corrected chi connectivity index (χ3v) is 4.82. The molecular formula is C20H21N3O. The molecule has 1 fully saturated rings. The lowest BCUT2D eigenvalue weighted by molar-refractivity contribution is 0.0677. The number of piperidine rings is 1. The van der Waals surface area contributed by atoms with Crippen LogP contribution >= 0.6 is 0 Å². The molecule has 4 rings (SSSR count). The molecule has 1 aliphatic heterocycles. The lowest BCUT2D eigenvalue weighted by Gasteiger charge is -2.30. The molecular weight excluding hydrogens is 298 g/mol. The Morgan fingerprint density at radius 2 is 2.04 bits per heavy atom. The van der Waals surface area contributed by atoms with E-state index < -0.39 is 0 Å². The molecule has 1 aromatic heterocycles. The first-order valence-corrected chi connectivity index (χ1v) is 8.55. The number of carbonyl (C=O) groups is 1.